The van der Waals surface area contributed by atoms with E-state index in [9.17, 15) is 0 Å². The lowest BCUT2D eigenvalue weighted by atomic mass is 10.7. The zero-order valence-corrected chi connectivity index (χ0v) is 6.12. The highest BCUT2D eigenvalue weighted by molar-refractivity contribution is 5.23. The average Bonchev–Trinajstić information content (AvgIpc) is 2.53. The van der Waals surface area contributed by atoms with Crippen molar-refractivity contribution in [2.45, 2.75) is 0 Å². The van der Waals surface area contributed by atoms with E-state index in [1.54, 1.807) is 18.5 Å². The predicted molar refractivity (Wildman–Crippen MR) is 41.4 cm³/mol. The molecule has 2 heterocycles. The van der Waals surface area contributed by atoms with E-state index in [0.717, 1.165) is 0 Å². The molecule has 0 saturated heterocycles. The van der Waals surface area contributed by atoms with Crippen molar-refractivity contribution >= 4 is 5.95 Å². The van der Waals surface area contributed by atoms with Crippen LogP contribution in [0.25, 0.3) is 5.95 Å². The first-order valence-corrected chi connectivity index (χ1v) is 3.31. The van der Waals surface area contributed by atoms with E-state index in [4.69, 9.17) is 5.73 Å². The number of nitrogen functional groups attached to an aromatic ring is 1. The number of hydrogen-bond acceptors (Lipinski definition) is 5. The minimum absolute atomic E-state index is 0.279. The Hall–Kier alpha value is -1.98. The second-order valence-corrected chi connectivity index (χ2v) is 2.08. The minimum Gasteiger partial charge on any atom is -0.368 e. The Bertz CT molecular complexity index is 367. The van der Waals surface area contributed by atoms with Crippen molar-refractivity contribution in [1.82, 2.24) is 24.7 Å². The summed E-state index contributed by atoms with van der Waals surface area (Å²) in [6.07, 6.45) is 4.58. The van der Waals surface area contributed by atoms with Crippen LogP contribution < -0.4 is 5.73 Å². The number of aromatic nitrogens is 5. The lowest BCUT2D eigenvalue weighted by Crippen LogP contribution is -2.05. The van der Waals surface area contributed by atoms with Crippen LogP contribution in [0.4, 0.5) is 5.95 Å². The second kappa shape index (κ2) is 2.57. The zero-order chi connectivity index (χ0) is 8.39. The van der Waals surface area contributed by atoms with Gasteiger partial charge in [-0.2, -0.15) is 14.8 Å². The summed E-state index contributed by atoms with van der Waals surface area (Å²) in [5, 5.41) is 3.84. The Labute approximate surface area is 68.1 Å². The summed E-state index contributed by atoms with van der Waals surface area (Å²) in [4.78, 5) is 11.6. The molecule has 6 heteroatoms. The fourth-order valence-electron chi connectivity index (χ4n) is 0.805. The Morgan fingerprint density at radius 1 is 1.17 bits per heavy atom. The quantitative estimate of drug-likeness (QED) is 0.619. The Morgan fingerprint density at radius 3 is 2.50 bits per heavy atom. The van der Waals surface area contributed by atoms with Gasteiger partial charge in [-0.25, -0.2) is 9.97 Å². The smallest absolute Gasteiger partial charge is 0.253 e. The van der Waals surface area contributed by atoms with E-state index in [2.05, 4.69) is 20.1 Å². The topological polar surface area (TPSA) is 82.5 Å². The summed E-state index contributed by atoms with van der Waals surface area (Å²) in [6, 6.07) is 1.72. The van der Waals surface area contributed by atoms with E-state index < -0.39 is 0 Å². The van der Waals surface area contributed by atoms with Gasteiger partial charge in [0.1, 0.15) is 6.33 Å². The van der Waals surface area contributed by atoms with Crippen molar-refractivity contribution in [2.75, 3.05) is 5.73 Å². The minimum atomic E-state index is 0.279. The Morgan fingerprint density at radius 2 is 1.92 bits per heavy atom. The van der Waals surface area contributed by atoms with Gasteiger partial charge in [0.05, 0.1) is 0 Å². The number of nitrogens with zero attached hydrogens (tertiary/aromatic N) is 5. The molecule has 2 N–H and O–H groups in total. The predicted octanol–water partition coefficient (Wildman–Crippen LogP) is -0.361. The third kappa shape index (κ3) is 0.986. The molecule has 0 unspecified atom stereocenters. The first kappa shape index (κ1) is 6.71. The molecule has 2 aromatic rings. The van der Waals surface area contributed by atoms with Crippen molar-refractivity contribution in [1.29, 1.82) is 0 Å². The van der Waals surface area contributed by atoms with Crippen LogP contribution in [0.5, 0.6) is 0 Å². The normalized spacial score (nSPS) is 10.0. The van der Waals surface area contributed by atoms with Gasteiger partial charge in [-0.1, -0.05) is 0 Å². The third-order valence-corrected chi connectivity index (χ3v) is 1.32. The SMILES string of the molecule is Nc1ncnn1-c1ncccn1. The number of anilines is 1. The Kier molecular flexibility index (Phi) is 1.44. The van der Waals surface area contributed by atoms with Crippen molar-refractivity contribution in [3.63, 3.8) is 0 Å². The number of rotatable bonds is 1. The summed E-state index contributed by atoms with van der Waals surface area (Å²) >= 11 is 0. The fourth-order valence-corrected chi connectivity index (χ4v) is 0.805. The molecule has 0 aliphatic rings. The average molecular weight is 162 g/mol. The van der Waals surface area contributed by atoms with Gasteiger partial charge in [0, 0.05) is 12.4 Å². The summed E-state index contributed by atoms with van der Waals surface area (Å²) in [5.41, 5.74) is 5.48. The molecule has 0 aliphatic heterocycles. The van der Waals surface area contributed by atoms with Gasteiger partial charge in [-0.05, 0) is 6.07 Å². The van der Waals surface area contributed by atoms with E-state index in [1.807, 2.05) is 0 Å². The lowest BCUT2D eigenvalue weighted by Gasteiger charge is -1.97. The maximum atomic E-state index is 5.48. The van der Waals surface area contributed by atoms with Crippen molar-refractivity contribution in [3.8, 4) is 5.95 Å². The summed E-state index contributed by atoms with van der Waals surface area (Å²) < 4.78 is 1.36. The molecule has 0 saturated carbocycles. The Balaban J connectivity index is 2.51. The van der Waals surface area contributed by atoms with Gasteiger partial charge < -0.3 is 5.73 Å². The highest BCUT2D eigenvalue weighted by atomic mass is 15.4. The van der Waals surface area contributed by atoms with Gasteiger partial charge in [0.15, 0.2) is 0 Å². The first-order valence-electron chi connectivity index (χ1n) is 3.31. The van der Waals surface area contributed by atoms with Crippen LogP contribution in [0.1, 0.15) is 0 Å². The maximum Gasteiger partial charge on any atom is 0.253 e. The van der Waals surface area contributed by atoms with Crippen LogP contribution in [0.15, 0.2) is 24.8 Å². The van der Waals surface area contributed by atoms with Crippen LogP contribution in [-0.2, 0) is 0 Å². The standard InChI is InChI=1S/C6H6N6/c7-5-10-4-11-12(5)6-8-2-1-3-9-6/h1-4H,(H2,7,10,11). The molecule has 0 radical (unpaired) electrons. The highest BCUT2D eigenvalue weighted by Gasteiger charge is 2.02. The molecule has 6 nitrogen and oxygen atoms in total. The van der Waals surface area contributed by atoms with Gasteiger partial charge in [0.2, 0.25) is 5.95 Å². The largest absolute Gasteiger partial charge is 0.368 e. The van der Waals surface area contributed by atoms with E-state index in [-0.39, 0.29) is 5.95 Å². The summed E-state index contributed by atoms with van der Waals surface area (Å²) in [6.45, 7) is 0. The molecule has 0 aromatic carbocycles. The van der Waals surface area contributed by atoms with E-state index in [1.165, 1.54) is 11.0 Å². The molecular weight excluding hydrogens is 156 g/mol. The molecular formula is C6H6N6. The van der Waals surface area contributed by atoms with Gasteiger partial charge in [-0.15, -0.1) is 0 Å². The first-order chi connectivity index (χ1) is 5.88. The molecule has 0 atom stereocenters. The molecule has 2 aromatic heterocycles. The van der Waals surface area contributed by atoms with Gasteiger partial charge in [0.25, 0.3) is 5.95 Å². The second-order valence-electron chi connectivity index (χ2n) is 2.08. The van der Waals surface area contributed by atoms with E-state index >= 15 is 0 Å². The molecule has 0 fully saturated rings. The molecule has 12 heavy (non-hydrogen) atoms. The molecule has 0 spiro atoms. The zero-order valence-electron chi connectivity index (χ0n) is 6.12. The van der Waals surface area contributed by atoms with E-state index in [0.29, 0.717) is 5.95 Å². The van der Waals surface area contributed by atoms with Gasteiger partial charge in [-0.3, -0.25) is 0 Å². The molecule has 60 valence electrons. The molecule has 0 aliphatic carbocycles. The highest BCUT2D eigenvalue weighted by Crippen LogP contribution is 2.00. The number of hydrogen-bond donors (Lipinski definition) is 1. The molecule has 2 rings (SSSR count). The van der Waals surface area contributed by atoms with Crippen LogP contribution in [0.3, 0.4) is 0 Å². The lowest BCUT2D eigenvalue weighted by molar-refractivity contribution is 0.816. The van der Waals surface area contributed by atoms with Crippen LogP contribution in [0.2, 0.25) is 0 Å². The fraction of sp³-hybridized carbons (Fsp3) is 0. The van der Waals surface area contributed by atoms with Crippen LogP contribution in [-0.4, -0.2) is 24.7 Å². The number of nitrogens with two attached hydrogens (primary N) is 1. The van der Waals surface area contributed by atoms with Gasteiger partial charge >= 0.3 is 0 Å². The monoisotopic (exact) mass is 162 g/mol. The molecule has 0 bridgehead atoms. The van der Waals surface area contributed by atoms with Crippen LogP contribution in [0, 0.1) is 0 Å². The van der Waals surface area contributed by atoms with Crippen molar-refractivity contribution < 1.29 is 0 Å². The van der Waals surface area contributed by atoms with Crippen molar-refractivity contribution in [2.24, 2.45) is 0 Å². The molecule has 0 amide bonds. The van der Waals surface area contributed by atoms with Crippen molar-refractivity contribution in [3.05, 3.63) is 24.8 Å². The summed E-state index contributed by atoms with van der Waals surface area (Å²) in [5.74, 6) is 0.703. The van der Waals surface area contributed by atoms with Crippen LogP contribution >= 0.6 is 0 Å². The third-order valence-electron chi connectivity index (χ3n) is 1.32. The maximum absolute atomic E-state index is 5.48. The summed E-state index contributed by atoms with van der Waals surface area (Å²) in [7, 11) is 0.